The van der Waals surface area contributed by atoms with E-state index in [0.717, 1.165) is 22.6 Å². The van der Waals surface area contributed by atoms with Crippen LogP contribution in [-0.2, 0) is 11.2 Å². The van der Waals surface area contributed by atoms with E-state index in [4.69, 9.17) is 17.3 Å². The molecule has 4 heteroatoms. The van der Waals surface area contributed by atoms with Gasteiger partial charge >= 0.3 is 0 Å². The first kappa shape index (κ1) is 16.5. The first-order chi connectivity index (χ1) is 10.6. The fourth-order valence-electron chi connectivity index (χ4n) is 2.27. The van der Waals surface area contributed by atoms with Gasteiger partial charge in [0.1, 0.15) is 0 Å². The molecule has 0 saturated carbocycles. The van der Waals surface area contributed by atoms with Crippen molar-refractivity contribution in [1.82, 2.24) is 5.32 Å². The maximum Gasteiger partial charge on any atom is 0.224 e. The molecule has 0 saturated heterocycles. The fourth-order valence-corrected chi connectivity index (χ4v) is 2.40. The lowest BCUT2D eigenvalue weighted by Crippen LogP contribution is -2.36. The lowest BCUT2D eigenvalue weighted by atomic mass is 9.94. The maximum absolute atomic E-state index is 12.2. The molecule has 0 radical (unpaired) electrons. The maximum atomic E-state index is 12.2. The van der Waals surface area contributed by atoms with Crippen molar-refractivity contribution in [3.63, 3.8) is 0 Å². The Morgan fingerprint density at radius 1 is 1.14 bits per heavy atom. The van der Waals surface area contributed by atoms with E-state index in [1.165, 1.54) is 0 Å². The largest absolute Gasteiger partial charge is 0.355 e. The quantitative estimate of drug-likeness (QED) is 0.859. The van der Waals surface area contributed by atoms with Crippen LogP contribution in [-0.4, -0.2) is 12.5 Å². The Labute approximate surface area is 136 Å². The molecule has 22 heavy (non-hydrogen) atoms. The third kappa shape index (κ3) is 4.58. The zero-order valence-corrected chi connectivity index (χ0v) is 13.4. The topological polar surface area (TPSA) is 55.1 Å². The van der Waals surface area contributed by atoms with Crippen LogP contribution < -0.4 is 11.1 Å². The number of hydrogen-bond acceptors (Lipinski definition) is 2. The molecule has 3 nitrogen and oxygen atoms in total. The van der Waals surface area contributed by atoms with E-state index in [0.29, 0.717) is 6.54 Å². The number of benzene rings is 2. The van der Waals surface area contributed by atoms with Crippen LogP contribution in [0, 0.1) is 5.92 Å². The van der Waals surface area contributed by atoms with E-state index in [1.54, 1.807) is 0 Å². The molecule has 2 rings (SSSR count). The minimum atomic E-state index is -0.295. The van der Waals surface area contributed by atoms with Crippen molar-refractivity contribution < 1.29 is 4.79 Å². The van der Waals surface area contributed by atoms with Gasteiger partial charge in [-0.3, -0.25) is 4.79 Å². The van der Waals surface area contributed by atoms with Crippen molar-refractivity contribution >= 4 is 17.5 Å². The number of amides is 1. The Kier molecular flexibility index (Phi) is 5.99. The molecule has 0 aromatic heterocycles. The van der Waals surface area contributed by atoms with Crippen LogP contribution in [0.5, 0.6) is 0 Å². The first-order valence-corrected chi connectivity index (χ1v) is 7.78. The molecular weight excluding hydrogens is 296 g/mol. The van der Waals surface area contributed by atoms with Gasteiger partial charge in [0, 0.05) is 17.6 Å². The van der Waals surface area contributed by atoms with Crippen molar-refractivity contribution in [2.75, 3.05) is 6.54 Å². The van der Waals surface area contributed by atoms with E-state index < -0.39 is 0 Å². The molecule has 0 fully saturated rings. The highest BCUT2D eigenvalue weighted by Crippen LogP contribution is 2.19. The van der Waals surface area contributed by atoms with E-state index in [9.17, 15) is 4.79 Å². The smallest absolute Gasteiger partial charge is 0.224 e. The molecule has 0 spiro atoms. The van der Waals surface area contributed by atoms with Gasteiger partial charge in [0.2, 0.25) is 5.91 Å². The van der Waals surface area contributed by atoms with Gasteiger partial charge in [-0.05, 0) is 29.7 Å². The Morgan fingerprint density at radius 3 is 2.41 bits per heavy atom. The van der Waals surface area contributed by atoms with Gasteiger partial charge < -0.3 is 11.1 Å². The monoisotopic (exact) mass is 316 g/mol. The first-order valence-electron chi connectivity index (χ1n) is 7.40. The molecule has 0 heterocycles. The van der Waals surface area contributed by atoms with Crippen LogP contribution >= 0.6 is 11.6 Å². The summed E-state index contributed by atoms with van der Waals surface area (Å²) >= 11 is 5.85. The predicted molar refractivity (Wildman–Crippen MR) is 90.7 cm³/mol. The number of nitrogens with two attached hydrogens (primary N) is 1. The van der Waals surface area contributed by atoms with Crippen molar-refractivity contribution in [1.29, 1.82) is 0 Å². The minimum absolute atomic E-state index is 0.0229. The van der Waals surface area contributed by atoms with Crippen LogP contribution in [0.4, 0.5) is 0 Å². The van der Waals surface area contributed by atoms with Gasteiger partial charge in [-0.15, -0.1) is 0 Å². The van der Waals surface area contributed by atoms with Gasteiger partial charge in [0.15, 0.2) is 0 Å². The van der Waals surface area contributed by atoms with Gasteiger partial charge in [-0.2, -0.15) is 0 Å². The Morgan fingerprint density at radius 2 is 1.77 bits per heavy atom. The van der Waals surface area contributed by atoms with Crippen molar-refractivity contribution in [3.05, 3.63) is 70.7 Å². The van der Waals surface area contributed by atoms with E-state index >= 15 is 0 Å². The summed E-state index contributed by atoms with van der Waals surface area (Å²) in [5, 5.41) is 3.66. The summed E-state index contributed by atoms with van der Waals surface area (Å²) in [6.45, 7) is 2.45. The summed E-state index contributed by atoms with van der Waals surface area (Å²) in [6, 6.07) is 17.0. The predicted octanol–water partition coefficient (Wildman–Crippen LogP) is 3.33. The highest BCUT2D eigenvalue weighted by molar-refractivity contribution is 6.30. The van der Waals surface area contributed by atoms with Crippen LogP contribution in [0.2, 0.25) is 5.02 Å². The number of carbonyl (C=O) groups is 1. The SMILES string of the molecule is CC(C(=O)NCCc1ccc(Cl)cc1)C(N)c1ccccc1. The second-order valence-electron chi connectivity index (χ2n) is 5.39. The van der Waals surface area contributed by atoms with Crippen LogP contribution in [0.1, 0.15) is 24.1 Å². The fraction of sp³-hybridized carbons (Fsp3) is 0.278. The molecule has 0 aliphatic carbocycles. The number of rotatable bonds is 6. The Bertz CT molecular complexity index is 598. The highest BCUT2D eigenvalue weighted by atomic mass is 35.5. The van der Waals surface area contributed by atoms with E-state index in [-0.39, 0.29) is 17.9 Å². The summed E-state index contributed by atoms with van der Waals surface area (Å²) in [6.07, 6.45) is 0.774. The lowest BCUT2D eigenvalue weighted by molar-refractivity contribution is -0.125. The Balaban J connectivity index is 1.82. The standard InChI is InChI=1S/C18H21ClN2O/c1-13(17(20)15-5-3-2-4-6-15)18(22)21-12-11-14-7-9-16(19)10-8-14/h2-10,13,17H,11-12,20H2,1H3,(H,21,22). The summed E-state index contributed by atoms with van der Waals surface area (Å²) in [7, 11) is 0. The average molecular weight is 317 g/mol. The molecule has 1 amide bonds. The van der Waals surface area contributed by atoms with Crippen LogP contribution in [0.25, 0.3) is 0 Å². The molecule has 0 aliphatic rings. The third-order valence-corrected chi connectivity index (χ3v) is 4.01. The molecule has 2 aromatic rings. The average Bonchev–Trinajstić information content (AvgIpc) is 2.56. The summed E-state index contributed by atoms with van der Waals surface area (Å²) in [5.41, 5.74) is 8.28. The molecular formula is C18H21ClN2O. The molecule has 3 N–H and O–H groups in total. The highest BCUT2D eigenvalue weighted by Gasteiger charge is 2.21. The van der Waals surface area contributed by atoms with Gasteiger partial charge in [0.25, 0.3) is 0 Å². The summed E-state index contributed by atoms with van der Waals surface area (Å²) < 4.78 is 0. The number of hydrogen-bond donors (Lipinski definition) is 2. The number of carbonyl (C=O) groups excluding carboxylic acids is 1. The molecule has 2 aromatic carbocycles. The molecule has 0 bridgehead atoms. The van der Waals surface area contributed by atoms with Crippen molar-refractivity contribution in [3.8, 4) is 0 Å². The zero-order chi connectivity index (χ0) is 15.9. The molecule has 2 atom stereocenters. The van der Waals surface area contributed by atoms with Gasteiger partial charge in [0.05, 0.1) is 5.92 Å². The summed E-state index contributed by atoms with van der Waals surface area (Å²) in [5.74, 6) is -0.294. The van der Waals surface area contributed by atoms with Crippen LogP contribution in [0.15, 0.2) is 54.6 Å². The third-order valence-electron chi connectivity index (χ3n) is 3.76. The van der Waals surface area contributed by atoms with Gasteiger partial charge in [-0.25, -0.2) is 0 Å². The number of nitrogens with one attached hydrogen (secondary N) is 1. The molecule has 0 aliphatic heterocycles. The summed E-state index contributed by atoms with van der Waals surface area (Å²) in [4.78, 5) is 12.2. The van der Waals surface area contributed by atoms with E-state index in [1.807, 2.05) is 61.5 Å². The molecule has 2 unspecified atom stereocenters. The minimum Gasteiger partial charge on any atom is -0.355 e. The number of halogens is 1. The van der Waals surface area contributed by atoms with Crippen LogP contribution in [0.3, 0.4) is 0 Å². The normalized spacial score (nSPS) is 13.4. The zero-order valence-electron chi connectivity index (χ0n) is 12.6. The Hall–Kier alpha value is -1.84. The second kappa shape index (κ2) is 7.97. The second-order valence-corrected chi connectivity index (χ2v) is 5.83. The van der Waals surface area contributed by atoms with Crippen molar-refractivity contribution in [2.45, 2.75) is 19.4 Å². The van der Waals surface area contributed by atoms with Crippen molar-refractivity contribution in [2.24, 2.45) is 11.7 Å². The van der Waals surface area contributed by atoms with E-state index in [2.05, 4.69) is 5.32 Å². The van der Waals surface area contributed by atoms with Gasteiger partial charge in [-0.1, -0.05) is 61.0 Å². The molecule has 116 valence electrons. The lowest BCUT2D eigenvalue weighted by Gasteiger charge is -2.19.